The number of likely N-dealkylation sites (N-methyl/N-ethyl adjacent to an activating group) is 1. The van der Waals surface area contributed by atoms with Crippen molar-refractivity contribution in [3.05, 3.63) is 71.8 Å². The van der Waals surface area contributed by atoms with Crippen LogP contribution < -0.4 is 10.6 Å². The first-order valence-electron chi connectivity index (χ1n) is 14.3. The number of ether oxygens (including phenoxy) is 2. The predicted molar refractivity (Wildman–Crippen MR) is 159 cm³/mol. The van der Waals surface area contributed by atoms with E-state index in [2.05, 4.69) is 10.6 Å². The number of aliphatic hydroxyl groups excluding tert-OH is 1. The van der Waals surface area contributed by atoms with Crippen molar-refractivity contribution < 1.29 is 33.8 Å². The highest BCUT2D eigenvalue weighted by Gasteiger charge is 2.34. The molecule has 3 amide bonds. The summed E-state index contributed by atoms with van der Waals surface area (Å²) in [7, 11) is 2.75. The van der Waals surface area contributed by atoms with Gasteiger partial charge in [0.1, 0.15) is 18.7 Å². The van der Waals surface area contributed by atoms with Crippen molar-refractivity contribution in [1.29, 1.82) is 0 Å². The van der Waals surface area contributed by atoms with E-state index >= 15 is 0 Å². The SMILES string of the molecule is COC(=O)[C@H](CC(C)C)NC(=O)C[C@H](O)[C@H](Cc1ccccc1)NC(=O)[C@H](C(C)C)N(C)C(=O)OCc1ccccc1. The summed E-state index contributed by atoms with van der Waals surface area (Å²) in [6, 6.07) is 15.9. The molecule has 0 bridgehead atoms. The molecule has 42 heavy (non-hydrogen) atoms. The van der Waals surface area contributed by atoms with Crippen LogP contribution in [-0.2, 0) is 36.9 Å². The average molecular weight is 584 g/mol. The third kappa shape index (κ3) is 11.2. The summed E-state index contributed by atoms with van der Waals surface area (Å²) >= 11 is 0. The van der Waals surface area contributed by atoms with E-state index < -0.39 is 48.1 Å². The Hall–Kier alpha value is -3.92. The lowest BCUT2D eigenvalue weighted by Gasteiger charge is -2.32. The first-order valence-corrected chi connectivity index (χ1v) is 14.3. The Morgan fingerprint density at radius 1 is 0.881 bits per heavy atom. The second-order valence-corrected chi connectivity index (χ2v) is 11.2. The average Bonchev–Trinajstić information content (AvgIpc) is 2.95. The van der Waals surface area contributed by atoms with E-state index in [1.54, 1.807) is 0 Å². The van der Waals surface area contributed by atoms with Crippen molar-refractivity contribution in [2.75, 3.05) is 14.2 Å². The standard InChI is InChI=1S/C32H45N3O7/c1-21(2)17-26(31(39)41-6)33-28(37)19-27(36)25(18-23-13-9-7-10-14-23)34-30(38)29(22(3)4)35(5)32(40)42-20-24-15-11-8-12-16-24/h7-16,21-22,25-27,29,36H,17-20H2,1-6H3,(H,33,37)(H,34,38)/t25-,26-,27-,29-/m0/s1. The van der Waals surface area contributed by atoms with Crippen LogP contribution in [0, 0.1) is 11.8 Å². The molecule has 2 rings (SSSR count). The fourth-order valence-electron chi connectivity index (χ4n) is 4.69. The van der Waals surface area contributed by atoms with Crippen molar-refractivity contribution in [3.8, 4) is 0 Å². The Kier molecular flexibility index (Phi) is 14.0. The summed E-state index contributed by atoms with van der Waals surface area (Å²) in [5, 5.41) is 16.7. The second-order valence-electron chi connectivity index (χ2n) is 11.2. The zero-order valence-electron chi connectivity index (χ0n) is 25.4. The molecule has 0 aromatic heterocycles. The van der Waals surface area contributed by atoms with Gasteiger partial charge in [0.2, 0.25) is 11.8 Å². The number of esters is 1. The van der Waals surface area contributed by atoms with Gasteiger partial charge in [-0.25, -0.2) is 9.59 Å². The van der Waals surface area contributed by atoms with E-state index in [-0.39, 0.29) is 31.3 Å². The first-order chi connectivity index (χ1) is 19.9. The lowest BCUT2D eigenvalue weighted by Crippen LogP contribution is -2.56. The van der Waals surface area contributed by atoms with E-state index in [0.717, 1.165) is 11.1 Å². The number of rotatable bonds is 15. The molecule has 0 aliphatic carbocycles. The van der Waals surface area contributed by atoms with Crippen LogP contribution in [0.25, 0.3) is 0 Å². The van der Waals surface area contributed by atoms with Crippen LogP contribution in [-0.4, -0.2) is 72.3 Å². The summed E-state index contributed by atoms with van der Waals surface area (Å²) in [5.74, 6) is -1.77. The molecule has 10 heteroatoms. The monoisotopic (exact) mass is 583 g/mol. The van der Waals surface area contributed by atoms with E-state index in [9.17, 15) is 24.3 Å². The number of hydrogen-bond donors (Lipinski definition) is 3. The largest absolute Gasteiger partial charge is 0.467 e. The maximum Gasteiger partial charge on any atom is 0.410 e. The Morgan fingerprint density at radius 2 is 1.45 bits per heavy atom. The number of hydrogen-bond acceptors (Lipinski definition) is 7. The van der Waals surface area contributed by atoms with Gasteiger partial charge in [0.15, 0.2) is 0 Å². The van der Waals surface area contributed by atoms with Crippen LogP contribution in [0.5, 0.6) is 0 Å². The molecule has 0 saturated heterocycles. The van der Waals surface area contributed by atoms with E-state index in [0.29, 0.717) is 6.42 Å². The van der Waals surface area contributed by atoms with E-state index in [4.69, 9.17) is 9.47 Å². The summed E-state index contributed by atoms with van der Waals surface area (Å²) in [6.45, 7) is 7.51. The molecule has 0 saturated carbocycles. The number of carbonyl (C=O) groups is 4. The van der Waals surface area contributed by atoms with Gasteiger partial charge in [-0.1, -0.05) is 88.4 Å². The fraction of sp³-hybridized carbons (Fsp3) is 0.500. The highest BCUT2D eigenvalue weighted by Crippen LogP contribution is 2.16. The molecule has 0 aliphatic heterocycles. The van der Waals surface area contributed by atoms with Crippen molar-refractivity contribution in [3.63, 3.8) is 0 Å². The molecule has 2 aromatic carbocycles. The Morgan fingerprint density at radius 3 is 1.98 bits per heavy atom. The molecular weight excluding hydrogens is 538 g/mol. The van der Waals surface area contributed by atoms with Crippen molar-refractivity contribution in [2.24, 2.45) is 11.8 Å². The quantitative estimate of drug-likeness (QED) is 0.273. The number of benzene rings is 2. The van der Waals surface area contributed by atoms with Crippen LogP contribution >= 0.6 is 0 Å². The first kappa shape index (κ1) is 34.3. The zero-order chi connectivity index (χ0) is 31.2. The topological polar surface area (TPSA) is 134 Å². The Labute approximate surface area is 248 Å². The van der Waals surface area contributed by atoms with Crippen LogP contribution in [0.4, 0.5) is 4.79 Å². The van der Waals surface area contributed by atoms with Crippen LogP contribution in [0.1, 0.15) is 51.7 Å². The maximum absolute atomic E-state index is 13.6. The molecule has 230 valence electrons. The van der Waals surface area contributed by atoms with Crippen LogP contribution in [0.2, 0.25) is 0 Å². The molecule has 0 radical (unpaired) electrons. The minimum atomic E-state index is -1.28. The number of nitrogens with one attached hydrogen (secondary N) is 2. The third-order valence-electron chi connectivity index (χ3n) is 6.82. The summed E-state index contributed by atoms with van der Waals surface area (Å²) in [5.41, 5.74) is 1.66. The Balaban J connectivity index is 2.17. The molecular formula is C32H45N3O7. The molecule has 0 fully saturated rings. The summed E-state index contributed by atoms with van der Waals surface area (Å²) < 4.78 is 10.2. The fourth-order valence-corrected chi connectivity index (χ4v) is 4.69. The smallest absolute Gasteiger partial charge is 0.410 e. The van der Waals surface area contributed by atoms with Gasteiger partial charge in [0.25, 0.3) is 0 Å². The normalized spacial score (nSPS) is 13.9. The van der Waals surface area contributed by atoms with Gasteiger partial charge in [-0.3, -0.25) is 14.5 Å². The number of carbonyl (C=O) groups excluding carboxylic acids is 4. The molecule has 0 heterocycles. The zero-order valence-corrected chi connectivity index (χ0v) is 25.4. The maximum atomic E-state index is 13.6. The molecule has 0 unspecified atom stereocenters. The number of nitrogens with zero attached hydrogens (tertiary/aromatic N) is 1. The number of methoxy groups -OCH3 is 1. The highest BCUT2D eigenvalue weighted by atomic mass is 16.6. The summed E-state index contributed by atoms with van der Waals surface area (Å²) in [6.07, 6.45) is -1.69. The van der Waals surface area contributed by atoms with Crippen molar-refractivity contribution in [2.45, 2.75) is 77.8 Å². The lowest BCUT2D eigenvalue weighted by molar-refractivity contribution is -0.145. The van der Waals surface area contributed by atoms with Crippen LogP contribution in [0.15, 0.2) is 60.7 Å². The van der Waals surface area contributed by atoms with Crippen molar-refractivity contribution in [1.82, 2.24) is 15.5 Å². The lowest BCUT2D eigenvalue weighted by atomic mass is 9.96. The molecule has 0 aliphatic rings. The third-order valence-corrected chi connectivity index (χ3v) is 6.82. The molecule has 2 aromatic rings. The van der Waals surface area contributed by atoms with Gasteiger partial charge in [-0.15, -0.1) is 0 Å². The molecule has 0 spiro atoms. The van der Waals surface area contributed by atoms with Crippen molar-refractivity contribution >= 4 is 23.9 Å². The minimum absolute atomic E-state index is 0.0598. The molecule has 10 nitrogen and oxygen atoms in total. The van der Waals surface area contributed by atoms with E-state index in [1.807, 2.05) is 88.4 Å². The van der Waals surface area contributed by atoms with E-state index in [1.165, 1.54) is 19.1 Å². The number of amides is 3. The van der Waals surface area contributed by atoms with Gasteiger partial charge in [0.05, 0.1) is 25.7 Å². The number of aliphatic hydroxyl groups is 1. The van der Waals surface area contributed by atoms with Gasteiger partial charge in [0, 0.05) is 7.05 Å². The predicted octanol–water partition coefficient (Wildman–Crippen LogP) is 3.46. The minimum Gasteiger partial charge on any atom is -0.467 e. The molecule has 4 atom stereocenters. The Bertz CT molecular complexity index is 1140. The van der Waals surface area contributed by atoms with Crippen LogP contribution in [0.3, 0.4) is 0 Å². The van der Waals surface area contributed by atoms with Gasteiger partial charge < -0.3 is 25.2 Å². The summed E-state index contributed by atoms with van der Waals surface area (Å²) in [4.78, 5) is 52.8. The molecule has 3 N–H and O–H groups in total. The highest BCUT2D eigenvalue weighted by molar-refractivity contribution is 5.87. The van der Waals surface area contributed by atoms with Gasteiger partial charge in [-0.2, -0.15) is 0 Å². The second kappa shape index (κ2) is 17.1. The van der Waals surface area contributed by atoms with Gasteiger partial charge >= 0.3 is 12.1 Å². The van der Waals surface area contributed by atoms with Gasteiger partial charge in [-0.05, 0) is 35.8 Å².